The standard InChI is InChI=1S/C16H25FN2O/c1-16(2,3)11-14(18)10-15(20)19-8-7-12-5-4-6-13(17)9-12/h4-6,9,14H,7-8,10-11,18H2,1-3H3,(H,19,20). The van der Waals surface area contributed by atoms with E-state index in [2.05, 4.69) is 26.1 Å². The van der Waals surface area contributed by atoms with Gasteiger partial charge in [-0.15, -0.1) is 0 Å². The minimum Gasteiger partial charge on any atom is -0.356 e. The predicted molar refractivity (Wildman–Crippen MR) is 79.8 cm³/mol. The molecule has 0 heterocycles. The second-order valence-electron chi connectivity index (χ2n) is 6.46. The second-order valence-corrected chi connectivity index (χ2v) is 6.46. The van der Waals surface area contributed by atoms with Gasteiger partial charge in [0.15, 0.2) is 0 Å². The lowest BCUT2D eigenvalue weighted by atomic mass is 9.87. The van der Waals surface area contributed by atoms with Crippen molar-refractivity contribution in [3.05, 3.63) is 35.6 Å². The number of carbonyl (C=O) groups excluding carboxylic acids is 1. The molecule has 0 radical (unpaired) electrons. The molecule has 1 unspecified atom stereocenters. The molecule has 0 saturated carbocycles. The van der Waals surface area contributed by atoms with Gasteiger partial charge >= 0.3 is 0 Å². The lowest BCUT2D eigenvalue weighted by Gasteiger charge is -2.22. The van der Waals surface area contributed by atoms with Gasteiger partial charge in [0, 0.05) is 19.0 Å². The first kappa shape index (κ1) is 16.6. The van der Waals surface area contributed by atoms with Gasteiger partial charge < -0.3 is 11.1 Å². The van der Waals surface area contributed by atoms with Crippen molar-refractivity contribution in [1.29, 1.82) is 0 Å². The molecule has 0 bridgehead atoms. The first-order valence-corrected chi connectivity index (χ1v) is 7.03. The average Bonchev–Trinajstić information content (AvgIpc) is 2.25. The van der Waals surface area contributed by atoms with E-state index in [4.69, 9.17) is 5.73 Å². The number of rotatable bonds is 6. The summed E-state index contributed by atoms with van der Waals surface area (Å²) in [6.07, 6.45) is 1.77. The molecule has 20 heavy (non-hydrogen) atoms. The Bertz CT molecular complexity index is 440. The number of hydrogen-bond acceptors (Lipinski definition) is 2. The summed E-state index contributed by atoms with van der Waals surface area (Å²) < 4.78 is 13.0. The minimum absolute atomic E-state index is 0.0434. The Morgan fingerprint density at radius 1 is 1.40 bits per heavy atom. The number of carbonyl (C=O) groups is 1. The Labute approximate surface area is 120 Å². The van der Waals surface area contributed by atoms with Crippen molar-refractivity contribution in [2.75, 3.05) is 6.54 Å². The van der Waals surface area contributed by atoms with Gasteiger partial charge in [0.25, 0.3) is 0 Å². The predicted octanol–water partition coefficient (Wildman–Crippen LogP) is 2.64. The van der Waals surface area contributed by atoms with Gasteiger partial charge in [0.2, 0.25) is 5.91 Å². The van der Waals surface area contributed by atoms with Gasteiger partial charge in [0.05, 0.1) is 0 Å². The van der Waals surface area contributed by atoms with Gasteiger partial charge in [-0.3, -0.25) is 4.79 Å². The summed E-state index contributed by atoms with van der Waals surface area (Å²) >= 11 is 0. The fourth-order valence-electron chi connectivity index (χ4n) is 2.21. The van der Waals surface area contributed by atoms with Crippen molar-refractivity contribution >= 4 is 5.91 Å². The van der Waals surface area contributed by atoms with Gasteiger partial charge in [-0.1, -0.05) is 32.9 Å². The van der Waals surface area contributed by atoms with Crippen LogP contribution in [0.25, 0.3) is 0 Å². The van der Waals surface area contributed by atoms with Crippen LogP contribution in [-0.4, -0.2) is 18.5 Å². The highest BCUT2D eigenvalue weighted by Gasteiger charge is 2.17. The molecule has 0 aliphatic carbocycles. The lowest BCUT2D eigenvalue weighted by Crippen LogP contribution is -2.34. The summed E-state index contributed by atoms with van der Waals surface area (Å²) in [5.41, 5.74) is 6.96. The maximum atomic E-state index is 13.0. The molecule has 1 atom stereocenters. The summed E-state index contributed by atoms with van der Waals surface area (Å²) in [6, 6.07) is 6.29. The second kappa shape index (κ2) is 7.39. The van der Waals surface area contributed by atoms with E-state index >= 15 is 0 Å². The lowest BCUT2D eigenvalue weighted by molar-refractivity contribution is -0.121. The van der Waals surface area contributed by atoms with E-state index in [0.717, 1.165) is 12.0 Å². The Balaban J connectivity index is 2.26. The molecular weight excluding hydrogens is 255 g/mol. The van der Waals surface area contributed by atoms with Crippen LogP contribution in [0.4, 0.5) is 4.39 Å². The molecular formula is C16H25FN2O. The van der Waals surface area contributed by atoms with Crippen LogP contribution in [0.5, 0.6) is 0 Å². The fourth-order valence-corrected chi connectivity index (χ4v) is 2.21. The normalized spacial score (nSPS) is 13.1. The third-order valence-electron chi connectivity index (χ3n) is 2.95. The first-order chi connectivity index (χ1) is 9.26. The van der Waals surface area contributed by atoms with Crippen molar-refractivity contribution in [1.82, 2.24) is 5.32 Å². The highest BCUT2D eigenvalue weighted by atomic mass is 19.1. The largest absolute Gasteiger partial charge is 0.356 e. The van der Waals surface area contributed by atoms with Crippen LogP contribution in [0, 0.1) is 11.2 Å². The molecule has 0 aliphatic heterocycles. The zero-order valence-corrected chi connectivity index (χ0v) is 12.6. The Morgan fingerprint density at radius 3 is 2.70 bits per heavy atom. The fraction of sp³-hybridized carbons (Fsp3) is 0.562. The molecule has 112 valence electrons. The first-order valence-electron chi connectivity index (χ1n) is 7.03. The molecule has 0 aliphatic rings. The van der Waals surface area contributed by atoms with Crippen LogP contribution in [0.15, 0.2) is 24.3 Å². The molecule has 0 aromatic heterocycles. The smallest absolute Gasteiger partial charge is 0.221 e. The maximum absolute atomic E-state index is 13.0. The minimum atomic E-state index is -0.249. The maximum Gasteiger partial charge on any atom is 0.221 e. The van der Waals surface area contributed by atoms with Crippen LogP contribution in [0.3, 0.4) is 0 Å². The van der Waals surface area contributed by atoms with Gasteiger partial charge in [-0.25, -0.2) is 4.39 Å². The topological polar surface area (TPSA) is 55.1 Å². The van der Waals surface area contributed by atoms with Gasteiger partial charge in [-0.05, 0) is 36.0 Å². The third-order valence-corrected chi connectivity index (χ3v) is 2.95. The summed E-state index contributed by atoms with van der Waals surface area (Å²) in [5.74, 6) is -0.292. The molecule has 4 heteroatoms. The number of halogens is 1. The van der Waals surface area contributed by atoms with Gasteiger partial charge in [0.1, 0.15) is 5.82 Å². The van der Waals surface area contributed by atoms with E-state index in [1.807, 2.05) is 6.07 Å². The summed E-state index contributed by atoms with van der Waals surface area (Å²) in [4.78, 5) is 11.7. The van der Waals surface area contributed by atoms with Crippen molar-refractivity contribution in [2.45, 2.75) is 46.1 Å². The Kier molecular flexibility index (Phi) is 6.14. The summed E-state index contributed by atoms with van der Waals surface area (Å²) in [6.45, 7) is 6.82. The monoisotopic (exact) mass is 280 g/mol. The van der Waals surface area contributed by atoms with E-state index in [1.165, 1.54) is 12.1 Å². The van der Waals surface area contributed by atoms with E-state index < -0.39 is 0 Å². The average molecular weight is 280 g/mol. The van der Waals surface area contributed by atoms with E-state index in [1.54, 1.807) is 6.07 Å². The quantitative estimate of drug-likeness (QED) is 0.841. The number of amides is 1. The highest BCUT2D eigenvalue weighted by molar-refractivity contribution is 5.76. The molecule has 1 aromatic carbocycles. The SMILES string of the molecule is CC(C)(C)CC(N)CC(=O)NCCc1cccc(F)c1. The molecule has 1 rings (SSSR count). The molecule has 0 spiro atoms. The molecule has 0 saturated heterocycles. The van der Waals surface area contributed by atoms with E-state index in [9.17, 15) is 9.18 Å². The van der Waals surface area contributed by atoms with Crippen LogP contribution < -0.4 is 11.1 Å². The molecule has 3 nitrogen and oxygen atoms in total. The molecule has 0 fully saturated rings. The number of nitrogens with two attached hydrogens (primary N) is 1. The van der Waals surface area contributed by atoms with Gasteiger partial charge in [-0.2, -0.15) is 0 Å². The van der Waals surface area contributed by atoms with Crippen molar-refractivity contribution in [3.8, 4) is 0 Å². The molecule has 3 N–H and O–H groups in total. The summed E-state index contributed by atoms with van der Waals surface area (Å²) in [7, 11) is 0. The van der Waals surface area contributed by atoms with E-state index in [-0.39, 0.29) is 23.2 Å². The molecule has 1 aromatic rings. The summed E-state index contributed by atoms with van der Waals surface area (Å²) in [5, 5.41) is 2.83. The zero-order chi connectivity index (χ0) is 15.2. The highest BCUT2D eigenvalue weighted by Crippen LogP contribution is 2.20. The van der Waals surface area contributed by atoms with Crippen molar-refractivity contribution in [2.24, 2.45) is 11.1 Å². The zero-order valence-electron chi connectivity index (χ0n) is 12.6. The number of benzene rings is 1. The van der Waals surface area contributed by atoms with E-state index in [0.29, 0.717) is 19.4 Å². The van der Waals surface area contributed by atoms with Crippen LogP contribution in [-0.2, 0) is 11.2 Å². The van der Waals surface area contributed by atoms with Crippen LogP contribution in [0.1, 0.15) is 39.2 Å². The van der Waals surface area contributed by atoms with Crippen molar-refractivity contribution < 1.29 is 9.18 Å². The van der Waals surface area contributed by atoms with Crippen molar-refractivity contribution in [3.63, 3.8) is 0 Å². The Morgan fingerprint density at radius 2 is 2.10 bits per heavy atom. The number of hydrogen-bond donors (Lipinski definition) is 2. The van der Waals surface area contributed by atoms with Crippen LogP contribution in [0.2, 0.25) is 0 Å². The van der Waals surface area contributed by atoms with Crippen LogP contribution >= 0.6 is 0 Å². The third kappa shape index (κ3) is 7.24. The Hall–Kier alpha value is -1.42. The number of nitrogens with one attached hydrogen (secondary N) is 1. The molecule has 1 amide bonds.